The Labute approximate surface area is 151 Å². The molecule has 1 fully saturated rings. The average molecular weight is 369 g/mol. The molecule has 7 heteroatoms. The Bertz CT molecular complexity index is 639. The van der Waals surface area contributed by atoms with Crippen LogP contribution < -0.4 is 11.1 Å². The van der Waals surface area contributed by atoms with Gasteiger partial charge in [0.1, 0.15) is 0 Å². The summed E-state index contributed by atoms with van der Waals surface area (Å²) in [5, 5.41) is 3.38. The predicted octanol–water partition coefficient (Wildman–Crippen LogP) is 3.31. The van der Waals surface area contributed by atoms with Crippen molar-refractivity contribution >= 4 is 11.6 Å². The molecule has 0 bridgehead atoms. The number of alkyl halides is 3. The molecule has 0 saturated heterocycles. The lowest BCUT2D eigenvalue weighted by atomic mass is 9.81. The quantitative estimate of drug-likeness (QED) is 0.837. The van der Waals surface area contributed by atoms with Gasteiger partial charge in [0, 0.05) is 25.3 Å². The van der Waals surface area contributed by atoms with Crippen LogP contribution in [0.1, 0.15) is 36.8 Å². The molecular weight excluding hydrogens is 343 g/mol. The number of hydrogen-bond donors (Lipinski definition) is 2. The zero-order valence-electron chi connectivity index (χ0n) is 14.8. The first-order valence-corrected chi connectivity index (χ1v) is 9.24. The minimum Gasteiger partial charge on any atom is -0.385 e. The van der Waals surface area contributed by atoms with E-state index in [4.69, 9.17) is 5.73 Å². The summed E-state index contributed by atoms with van der Waals surface area (Å²) in [6.07, 6.45) is -1.44. The number of benzene rings is 1. The van der Waals surface area contributed by atoms with Crippen LogP contribution in [0.25, 0.3) is 0 Å². The molecular formula is C19H26F3N3O. The largest absolute Gasteiger partial charge is 0.391 e. The molecule has 0 unspecified atom stereocenters. The fraction of sp³-hybridized carbons (Fsp3) is 0.632. The Morgan fingerprint density at radius 3 is 2.58 bits per heavy atom. The zero-order valence-corrected chi connectivity index (χ0v) is 14.8. The van der Waals surface area contributed by atoms with Crippen LogP contribution in [-0.4, -0.2) is 36.6 Å². The number of carbonyl (C=O) groups excluding carboxylic acids is 1. The molecule has 3 N–H and O–H groups in total. The number of halogens is 3. The van der Waals surface area contributed by atoms with Gasteiger partial charge < -0.3 is 11.1 Å². The standard InChI is InChI=1S/C19H26F3N3O/c20-19(21,22)16-4-1-13(2-5-16)10-24-17-6-3-14-7-8-25(12-18(23)26)11-15(14)9-17/h3,6,9,13,16,24H,1-2,4-5,7-8,10-12H2,(H2,23,26). The first-order chi connectivity index (χ1) is 12.3. The van der Waals surface area contributed by atoms with E-state index in [9.17, 15) is 18.0 Å². The van der Waals surface area contributed by atoms with Gasteiger partial charge in [0.05, 0.1) is 12.5 Å². The second-order valence-corrected chi connectivity index (χ2v) is 7.55. The van der Waals surface area contributed by atoms with Crippen molar-refractivity contribution < 1.29 is 18.0 Å². The number of primary amides is 1. The van der Waals surface area contributed by atoms with Gasteiger partial charge in [-0.15, -0.1) is 0 Å². The molecule has 1 aromatic rings. The fourth-order valence-electron chi connectivity index (χ4n) is 4.04. The number of nitrogens with two attached hydrogens (primary N) is 1. The summed E-state index contributed by atoms with van der Waals surface area (Å²) in [4.78, 5) is 13.1. The first kappa shape index (κ1) is 19.0. The van der Waals surface area contributed by atoms with Crippen LogP contribution in [0.4, 0.5) is 18.9 Å². The van der Waals surface area contributed by atoms with E-state index in [0.29, 0.717) is 25.9 Å². The highest BCUT2D eigenvalue weighted by atomic mass is 19.4. The third kappa shape index (κ3) is 4.90. The summed E-state index contributed by atoms with van der Waals surface area (Å²) >= 11 is 0. The average Bonchev–Trinajstić information content (AvgIpc) is 2.58. The van der Waals surface area contributed by atoms with Crippen LogP contribution in [0.3, 0.4) is 0 Å². The number of carbonyl (C=O) groups is 1. The second-order valence-electron chi connectivity index (χ2n) is 7.55. The van der Waals surface area contributed by atoms with Crippen molar-refractivity contribution in [3.8, 4) is 0 Å². The number of nitrogens with zero attached hydrogens (tertiary/aromatic N) is 1. The Balaban J connectivity index is 1.51. The predicted molar refractivity (Wildman–Crippen MR) is 94.6 cm³/mol. The summed E-state index contributed by atoms with van der Waals surface area (Å²) in [5.41, 5.74) is 8.73. The van der Waals surface area contributed by atoms with Crippen LogP contribution in [-0.2, 0) is 17.8 Å². The summed E-state index contributed by atoms with van der Waals surface area (Å²) in [5.74, 6) is -1.16. The van der Waals surface area contributed by atoms with Gasteiger partial charge in [-0.1, -0.05) is 6.07 Å². The van der Waals surface area contributed by atoms with Crippen molar-refractivity contribution in [3.63, 3.8) is 0 Å². The van der Waals surface area contributed by atoms with E-state index in [1.54, 1.807) is 0 Å². The number of amides is 1. The molecule has 3 rings (SSSR count). The van der Waals surface area contributed by atoms with Gasteiger partial charge in [-0.2, -0.15) is 13.2 Å². The van der Waals surface area contributed by atoms with Crippen molar-refractivity contribution in [2.75, 3.05) is 25.0 Å². The van der Waals surface area contributed by atoms with Crippen LogP contribution in [0.5, 0.6) is 0 Å². The molecule has 1 aliphatic carbocycles. The third-order valence-electron chi connectivity index (χ3n) is 5.58. The lowest BCUT2D eigenvalue weighted by molar-refractivity contribution is -0.183. The van der Waals surface area contributed by atoms with Gasteiger partial charge in [0.15, 0.2) is 0 Å². The number of anilines is 1. The second kappa shape index (κ2) is 7.86. The minimum absolute atomic E-state index is 0.238. The highest BCUT2D eigenvalue weighted by Crippen LogP contribution is 2.39. The molecule has 0 aromatic heterocycles. The maximum Gasteiger partial charge on any atom is 0.391 e. The molecule has 1 aliphatic heterocycles. The van der Waals surface area contributed by atoms with E-state index in [0.717, 1.165) is 18.7 Å². The maximum atomic E-state index is 12.7. The Kier molecular flexibility index (Phi) is 5.75. The van der Waals surface area contributed by atoms with Crippen molar-refractivity contribution in [1.82, 2.24) is 4.90 Å². The normalized spacial score (nSPS) is 24.1. The lowest BCUT2D eigenvalue weighted by Gasteiger charge is -2.30. The van der Waals surface area contributed by atoms with E-state index < -0.39 is 12.1 Å². The number of fused-ring (bicyclic) bond motifs is 1. The molecule has 4 nitrogen and oxygen atoms in total. The third-order valence-corrected chi connectivity index (χ3v) is 5.58. The van der Waals surface area contributed by atoms with E-state index >= 15 is 0 Å². The summed E-state index contributed by atoms with van der Waals surface area (Å²) < 4.78 is 38.2. The summed E-state index contributed by atoms with van der Waals surface area (Å²) in [6.45, 7) is 2.49. The molecule has 26 heavy (non-hydrogen) atoms. The van der Waals surface area contributed by atoms with Crippen molar-refractivity contribution in [1.29, 1.82) is 0 Å². The highest BCUT2D eigenvalue weighted by Gasteiger charge is 2.41. The SMILES string of the molecule is NC(=O)CN1CCc2ccc(NCC3CCC(C(F)(F)F)CC3)cc2C1. The molecule has 2 aliphatic rings. The fourth-order valence-corrected chi connectivity index (χ4v) is 4.04. The Morgan fingerprint density at radius 1 is 1.19 bits per heavy atom. The van der Waals surface area contributed by atoms with Gasteiger partial charge in [0.2, 0.25) is 5.91 Å². The van der Waals surface area contributed by atoms with Gasteiger partial charge in [-0.3, -0.25) is 9.69 Å². The van der Waals surface area contributed by atoms with Crippen LogP contribution in [0.2, 0.25) is 0 Å². The van der Waals surface area contributed by atoms with Crippen LogP contribution in [0, 0.1) is 11.8 Å². The monoisotopic (exact) mass is 369 g/mol. The number of hydrogen-bond acceptors (Lipinski definition) is 3. The van der Waals surface area contributed by atoms with Gasteiger partial charge in [-0.25, -0.2) is 0 Å². The first-order valence-electron chi connectivity index (χ1n) is 9.24. The van der Waals surface area contributed by atoms with Gasteiger partial charge in [-0.05, 0) is 61.3 Å². The summed E-state index contributed by atoms with van der Waals surface area (Å²) in [6, 6.07) is 6.22. The van der Waals surface area contributed by atoms with E-state index in [-0.39, 0.29) is 31.2 Å². The van der Waals surface area contributed by atoms with Gasteiger partial charge in [0.25, 0.3) is 0 Å². The topological polar surface area (TPSA) is 58.4 Å². The number of nitrogens with one attached hydrogen (secondary N) is 1. The van der Waals surface area contributed by atoms with Crippen LogP contribution in [0.15, 0.2) is 18.2 Å². The van der Waals surface area contributed by atoms with Crippen molar-refractivity contribution in [2.45, 2.75) is 44.8 Å². The molecule has 144 valence electrons. The zero-order chi connectivity index (χ0) is 18.7. The molecule has 0 atom stereocenters. The smallest absolute Gasteiger partial charge is 0.385 e. The Hall–Kier alpha value is -1.76. The van der Waals surface area contributed by atoms with E-state index in [2.05, 4.69) is 17.4 Å². The molecule has 1 saturated carbocycles. The Morgan fingerprint density at radius 2 is 1.92 bits per heavy atom. The molecule has 0 spiro atoms. The highest BCUT2D eigenvalue weighted by molar-refractivity contribution is 5.76. The van der Waals surface area contributed by atoms with Crippen molar-refractivity contribution in [2.24, 2.45) is 17.6 Å². The number of rotatable bonds is 5. The minimum atomic E-state index is -4.05. The van der Waals surface area contributed by atoms with E-state index in [1.807, 2.05) is 11.0 Å². The summed E-state index contributed by atoms with van der Waals surface area (Å²) in [7, 11) is 0. The van der Waals surface area contributed by atoms with Crippen molar-refractivity contribution in [3.05, 3.63) is 29.3 Å². The van der Waals surface area contributed by atoms with Crippen LogP contribution >= 0.6 is 0 Å². The molecule has 1 aromatic carbocycles. The molecule has 1 amide bonds. The molecule has 0 radical (unpaired) electrons. The maximum absolute atomic E-state index is 12.7. The van der Waals surface area contributed by atoms with Gasteiger partial charge >= 0.3 is 6.18 Å². The molecule has 1 heterocycles. The van der Waals surface area contributed by atoms with E-state index in [1.165, 1.54) is 11.1 Å². The lowest BCUT2D eigenvalue weighted by Crippen LogP contribution is -2.37.